The summed E-state index contributed by atoms with van der Waals surface area (Å²) in [4.78, 5) is 11.0. The molecule has 1 aromatic carbocycles. The van der Waals surface area contributed by atoms with E-state index in [1.165, 1.54) is 7.11 Å². The first-order valence-electron chi connectivity index (χ1n) is 4.50. The Morgan fingerprint density at radius 3 is 2.18 bits per heavy atom. The number of hydrogen-bond acceptors (Lipinski definition) is 3. The molecule has 0 saturated heterocycles. The van der Waals surface area contributed by atoms with Crippen LogP contribution in [0, 0.1) is 23.3 Å². The Balaban J connectivity index is 2.94. The Hall–Kier alpha value is -1.63. The average Bonchev–Trinajstić information content (AvgIpc) is 2.29. The molecule has 1 aromatic rings. The van der Waals surface area contributed by atoms with E-state index in [4.69, 9.17) is 0 Å². The average molecular weight is 252 g/mol. The highest BCUT2D eigenvalue weighted by molar-refractivity contribution is 5.72. The zero-order valence-electron chi connectivity index (χ0n) is 8.73. The second-order valence-electron chi connectivity index (χ2n) is 3.01. The highest BCUT2D eigenvalue weighted by Gasteiger charge is 2.22. The van der Waals surface area contributed by atoms with Gasteiger partial charge in [0.25, 0.3) is 0 Å². The summed E-state index contributed by atoms with van der Waals surface area (Å²) < 4.78 is 60.2. The lowest BCUT2D eigenvalue weighted by Crippen LogP contribution is -2.13. The number of ether oxygens (including phenoxy) is 2. The van der Waals surface area contributed by atoms with Crippen LogP contribution >= 0.6 is 0 Å². The van der Waals surface area contributed by atoms with Gasteiger partial charge in [-0.05, 0) is 0 Å². The number of rotatable bonds is 4. The van der Waals surface area contributed by atoms with Crippen LogP contribution in [0.2, 0.25) is 0 Å². The highest BCUT2D eigenvalue weighted by atomic mass is 19.2. The molecule has 0 aromatic heterocycles. The molecule has 17 heavy (non-hydrogen) atoms. The third-order valence-corrected chi connectivity index (χ3v) is 1.80. The minimum Gasteiger partial charge on any atom is -0.420 e. The summed E-state index contributed by atoms with van der Waals surface area (Å²) in [6.07, 6.45) is -0.298. The molecule has 7 heteroatoms. The Morgan fingerprint density at radius 2 is 1.71 bits per heavy atom. The van der Waals surface area contributed by atoms with Crippen molar-refractivity contribution in [3.63, 3.8) is 0 Å². The molecule has 0 aliphatic rings. The van der Waals surface area contributed by atoms with Gasteiger partial charge in [-0.15, -0.1) is 0 Å². The smallest absolute Gasteiger partial charge is 0.313 e. The fourth-order valence-corrected chi connectivity index (χ4v) is 0.991. The minimum atomic E-state index is -1.75. The summed E-state index contributed by atoms with van der Waals surface area (Å²) in [7, 11) is 1.30. The molecular formula is C10H8F4O3. The Bertz CT molecular complexity index is 408. The summed E-state index contributed by atoms with van der Waals surface area (Å²) in [5.41, 5.74) is 0. The monoisotopic (exact) mass is 252 g/mol. The predicted octanol–water partition coefficient (Wildman–Crippen LogP) is 2.18. The van der Waals surface area contributed by atoms with Crippen molar-refractivity contribution in [2.45, 2.75) is 6.42 Å². The first kappa shape index (κ1) is 13.4. The molecule has 0 spiro atoms. The molecule has 0 fully saturated rings. The molecule has 94 valence electrons. The highest BCUT2D eigenvalue weighted by Crippen LogP contribution is 2.26. The third-order valence-electron chi connectivity index (χ3n) is 1.80. The van der Waals surface area contributed by atoms with Crippen molar-refractivity contribution >= 4 is 5.97 Å². The maximum absolute atomic E-state index is 13.0. The number of esters is 1. The van der Waals surface area contributed by atoms with Crippen LogP contribution in [0.25, 0.3) is 0 Å². The quantitative estimate of drug-likeness (QED) is 0.356. The van der Waals surface area contributed by atoms with E-state index in [9.17, 15) is 22.4 Å². The van der Waals surface area contributed by atoms with Crippen LogP contribution in [-0.2, 0) is 9.53 Å². The summed E-state index contributed by atoms with van der Waals surface area (Å²) in [5, 5.41) is 0. The lowest BCUT2D eigenvalue weighted by Gasteiger charge is -2.07. The van der Waals surface area contributed by atoms with Crippen LogP contribution in [-0.4, -0.2) is 19.7 Å². The molecule has 0 radical (unpaired) electrons. The molecule has 3 nitrogen and oxygen atoms in total. The van der Waals surface area contributed by atoms with Gasteiger partial charge < -0.3 is 9.47 Å². The van der Waals surface area contributed by atoms with Crippen molar-refractivity contribution in [3.8, 4) is 5.75 Å². The number of halogens is 4. The van der Waals surface area contributed by atoms with Gasteiger partial charge in [0.15, 0.2) is 11.6 Å². The molecule has 0 heterocycles. The topological polar surface area (TPSA) is 35.5 Å². The maximum Gasteiger partial charge on any atom is 0.313 e. The minimum absolute atomic E-state index is 0.0250. The molecule has 0 aliphatic heterocycles. The fraction of sp³-hybridized carbons (Fsp3) is 0.300. The van der Waals surface area contributed by atoms with Gasteiger partial charge in [-0.3, -0.25) is 4.79 Å². The Morgan fingerprint density at radius 1 is 1.18 bits per heavy atom. The second kappa shape index (κ2) is 5.62. The maximum atomic E-state index is 13.0. The number of carbonyl (C=O) groups is 1. The van der Waals surface area contributed by atoms with Gasteiger partial charge in [0.2, 0.25) is 17.4 Å². The van der Waals surface area contributed by atoms with E-state index in [0.717, 1.165) is 0 Å². The number of methoxy groups -OCH3 is 1. The molecule has 0 aliphatic carbocycles. The van der Waals surface area contributed by atoms with Crippen LogP contribution in [0.4, 0.5) is 17.6 Å². The zero-order chi connectivity index (χ0) is 13.0. The molecule has 0 saturated carbocycles. The van der Waals surface area contributed by atoms with Crippen LogP contribution in [0.1, 0.15) is 6.42 Å². The van der Waals surface area contributed by atoms with E-state index < -0.39 is 35.0 Å². The van der Waals surface area contributed by atoms with Crippen LogP contribution < -0.4 is 4.74 Å². The van der Waals surface area contributed by atoms with Crippen molar-refractivity contribution in [1.82, 2.24) is 0 Å². The summed E-state index contributed by atoms with van der Waals surface area (Å²) in [6, 6.07) is 0.0250. The third kappa shape index (κ3) is 3.16. The van der Waals surface area contributed by atoms with Gasteiger partial charge in [-0.1, -0.05) is 0 Å². The number of carbonyl (C=O) groups excluding carboxylic acids is 1. The summed E-state index contributed by atoms with van der Waals surface area (Å²) in [5.74, 6) is -9.24. The first-order chi connectivity index (χ1) is 7.97. The van der Waals surface area contributed by atoms with Crippen molar-refractivity contribution < 1.29 is 31.8 Å². The van der Waals surface area contributed by atoms with Gasteiger partial charge in [0.05, 0.1) is 13.0 Å². The molecule has 0 N–H and O–H groups in total. The van der Waals surface area contributed by atoms with Gasteiger partial charge in [-0.2, -0.15) is 8.78 Å². The predicted molar refractivity (Wildman–Crippen MR) is 48.4 cm³/mol. The van der Waals surface area contributed by atoms with Crippen molar-refractivity contribution in [2.75, 3.05) is 13.7 Å². The lowest BCUT2D eigenvalue weighted by atomic mass is 10.3. The van der Waals surface area contributed by atoms with Gasteiger partial charge in [0.1, 0.15) is 0 Å². The van der Waals surface area contributed by atoms with E-state index in [0.29, 0.717) is 0 Å². The van der Waals surface area contributed by atoms with Gasteiger partial charge >= 0.3 is 5.97 Å². The van der Waals surface area contributed by atoms with Crippen molar-refractivity contribution in [2.24, 2.45) is 0 Å². The molecule has 0 amide bonds. The number of benzene rings is 1. The molecule has 0 bridgehead atoms. The fourth-order valence-electron chi connectivity index (χ4n) is 0.991. The van der Waals surface area contributed by atoms with Crippen LogP contribution in [0.15, 0.2) is 6.07 Å². The molecule has 0 unspecified atom stereocenters. The zero-order valence-corrected chi connectivity index (χ0v) is 8.73. The van der Waals surface area contributed by atoms with E-state index in [1.54, 1.807) is 0 Å². The van der Waals surface area contributed by atoms with Gasteiger partial charge in [0, 0.05) is 13.2 Å². The second-order valence-corrected chi connectivity index (χ2v) is 3.01. The lowest BCUT2D eigenvalue weighted by molar-refractivity contribution is -0.135. The Labute approximate surface area is 93.9 Å². The normalized spacial score (nSPS) is 10.4. The van der Waals surface area contributed by atoms with Crippen LogP contribution in [0.3, 0.4) is 0 Å². The molecule has 0 atom stereocenters. The number of hydrogen-bond donors (Lipinski definition) is 0. The van der Waals surface area contributed by atoms with E-state index >= 15 is 0 Å². The molecular weight excluding hydrogens is 244 g/mol. The Kier molecular flexibility index (Phi) is 4.45. The van der Waals surface area contributed by atoms with E-state index in [2.05, 4.69) is 9.47 Å². The SMILES string of the molecule is COCCC(=O)Oc1c(F)c(F)cc(F)c1F. The standard InChI is InChI=1S/C10H8F4O3/c1-16-3-2-7(15)17-10-8(13)5(11)4-6(12)9(10)14/h4H,2-3H2,1H3. The first-order valence-corrected chi connectivity index (χ1v) is 4.50. The summed E-state index contributed by atoms with van der Waals surface area (Å²) in [6.45, 7) is -0.0418. The van der Waals surface area contributed by atoms with Gasteiger partial charge in [-0.25, -0.2) is 8.78 Å². The summed E-state index contributed by atoms with van der Waals surface area (Å²) >= 11 is 0. The van der Waals surface area contributed by atoms with E-state index in [-0.39, 0.29) is 19.1 Å². The van der Waals surface area contributed by atoms with E-state index in [1.807, 2.05) is 0 Å². The van der Waals surface area contributed by atoms with Crippen molar-refractivity contribution in [3.05, 3.63) is 29.3 Å². The van der Waals surface area contributed by atoms with Crippen molar-refractivity contribution in [1.29, 1.82) is 0 Å². The molecule has 1 rings (SSSR count). The largest absolute Gasteiger partial charge is 0.420 e. The van der Waals surface area contributed by atoms with Crippen LogP contribution in [0.5, 0.6) is 5.75 Å².